The summed E-state index contributed by atoms with van der Waals surface area (Å²) in [6, 6.07) is 13.1. The highest BCUT2D eigenvalue weighted by Gasteiger charge is 2.22. The number of hydrogen-bond donors (Lipinski definition) is 1. The van der Waals surface area contributed by atoms with Crippen LogP contribution < -0.4 is 10.1 Å². The van der Waals surface area contributed by atoms with Crippen molar-refractivity contribution >= 4 is 28.7 Å². The third-order valence-corrected chi connectivity index (χ3v) is 5.25. The maximum absolute atomic E-state index is 12.4. The second-order valence-corrected chi connectivity index (χ2v) is 7.43. The molecule has 2 amide bonds. The van der Waals surface area contributed by atoms with Gasteiger partial charge in [-0.15, -0.1) is 0 Å². The van der Waals surface area contributed by atoms with Gasteiger partial charge in [-0.2, -0.15) is 0 Å². The summed E-state index contributed by atoms with van der Waals surface area (Å²) in [5.74, 6) is 1.47. The highest BCUT2D eigenvalue weighted by molar-refractivity contribution is 6.31. The molecule has 1 N–H and O–H groups in total. The third-order valence-electron chi connectivity index (χ3n) is 5.02. The van der Waals surface area contributed by atoms with Crippen molar-refractivity contribution in [2.75, 3.05) is 33.3 Å². The Balaban J connectivity index is 1.25. The fourth-order valence-corrected chi connectivity index (χ4v) is 3.51. The van der Waals surface area contributed by atoms with Crippen molar-refractivity contribution < 1.29 is 13.9 Å². The van der Waals surface area contributed by atoms with Crippen LogP contribution in [0.25, 0.3) is 11.1 Å². The van der Waals surface area contributed by atoms with E-state index >= 15 is 0 Å². The second-order valence-electron chi connectivity index (χ2n) is 6.99. The zero-order valence-corrected chi connectivity index (χ0v) is 17.0. The maximum atomic E-state index is 12.4. The third kappa shape index (κ3) is 4.81. The molecule has 3 aromatic rings. The molecule has 2 heterocycles. The highest BCUT2D eigenvalue weighted by Crippen LogP contribution is 2.21. The summed E-state index contributed by atoms with van der Waals surface area (Å²) < 4.78 is 10.9. The summed E-state index contributed by atoms with van der Waals surface area (Å²) in [5.41, 5.74) is 2.54. The number of rotatable bonds is 5. The van der Waals surface area contributed by atoms with E-state index in [0.29, 0.717) is 42.7 Å². The first-order valence-electron chi connectivity index (χ1n) is 9.54. The maximum Gasteiger partial charge on any atom is 0.317 e. The van der Waals surface area contributed by atoms with Crippen LogP contribution in [-0.2, 0) is 13.1 Å². The normalized spacial score (nSPS) is 14.9. The Morgan fingerprint density at radius 3 is 2.66 bits per heavy atom. The summed E-state index contributed by atoms with van der Waals surface area (Å²) >= 11 is 6.00. The summed E-state index contributed by atoms with van der Waals surface area (Å²) in [4.78, 5) is 21.0. The minimum Gasteiger partial charge on any atom is -0.497 e. The number of urea groups is 1. The number of halogens is 1. The van der Waals surface area contributed by atoms with Crippen LogP contribution in [0.5, 0.6) is 5.75 Å². The first-order valence-corrected chi connectivity index (χ1v) is 9.91. The van der Waals surface area contributed by atoms with Gasteiger partial charge < -0.3 is 19.4 Å². The summed E-state index contributed by atoms with van der Waals surface area (Å²) in [5, 5.41) is 3.61. The smallest absolute Gasteiger partial charge is 0.317 e. The molecule has 0 saturated carbocycles. The molecule has 1 saturated heterocycles. The Labute approximate surface area is 174 Å². The molecule has 8 heteroatoms. The fourth-order valence-electron chi connectivity index (χ4n) is 3.35. The number of nitrogens with one attached hydrogen (secondary N) is 1. The van der Waals surface area contributed by atoms with Gasteiger partial charge in [-0.25, -0.2) is 9.78 Å². The zero-order valence-electron chi connectivity index (χ0n) is 16.2. The number of methoxy groups -OCH3 is 1. The van der Waals surface area contributed by atoms with Gasteiger partial charge in [0, 0.05) is 43.8 Å². The van der Waals surface area contributed by atoms with Crippen LogP contribution in [-0.4, -0.2) is 54.1 Å². The van der Waals surface area contributed by atoms with Gasteiger partial charge in [-0.3, -0.25) is 4.90 Å². The molecule has 152 valence electrons. The van der Waals surface area contributed by atoms with Gasteiger partial charge in [0.1, 0.15) is 11.3 Å². The Kier molecular flexibility index (Phi) is 5.87. The Bertz CT molecular complexity index is 981. The minimum atomic E-state index is -0.0445. The predicted octanol–water partition coefficient (Wildman–Crippen LogP) is 3.52. The van der Waals surface area contributed by atoms with Crippen molar-refractivity contribution in [2.45, 2.75) is 13.1 Å². The molecule has 0 radical (unpaired) electrons. The van der Waals surface area contributed by atoms with E-state index in [-0.39, 0.29) is 6.03 Å². The molecule has 1 fully saturated rings. The van der Waals surface area contributed by atoms with Crippen LogP contribution in [0.4, 0.5) is 4.79 Å². The number of carbonyl (C=O) groups is 1. The van der Waals surface area contributed by atoms with Crippen LogP contribution in [0.2, 0.25) is 5.02 Å². The standard InChI is InChI=1S/C21H23ClN4O3/c1-28-17-5-2-15(3-6-17)13-23-21(27)26-10-8-25(9-11-26)14-20-24-18-7-4-16(22)12-19(18)29-20/h2-7,12H,8-11,13-14H2,1H3,(H,23,27). The van der Waals surface area contributed by atoms with E-state index in [9.17, 15) is 4.79 Å². The Morgan fingerprint density at radius 1 is 1.17 bits per heavy atom. The Hall–Kier alpha value is -2.77. The van der Waals surface area contributed by atoms with Crippen molar-refractivity contribution in [3.05, 3.63) is 58.9 Å². The molecule has 0 aliphatic carbocycles. The van der Waals surface area contributed by atoms with E-state index in [1.807, 2.05) is 35.2 Å². The monoisotopic (exact) mass is 414 g/mol. The summed E-state index contributed by atoms with van der Waals surface area (Å²) in [7, 11) is 1.64. The number of aromatic nitrogens is 1. The van der Waals surface area contributed by atoms with Crippen molar-refractivity contribution in [1.82, 2.24) is 20.1 Å². The van der Waals surface area contributed by atoms with Crippen LogP contribution in [0.15, 0.2) is 46.9 Å². The van der Waals surface area contributed by atoms with Crippen molar-refractivity contribution in [3.8, 4) is 5.75 Å². The number of piperazine rings is 1. The van der Waals surface area contributed by atoms with Gasteiger partial charge in [0.15, 0.2) is 5.58 Å². The summed E-state index contributed by atoms with van der Waals surface area (Å²) in [6.07, 6.45) is 0. The lowest BCUT2D eigenvalue weighted by Gasteiger charge is -2.34. The van der Waals surface area contributed by atoms with Gasteiger partial charge in [0.05, 0.1) is 13.7 Å². The van der Waals surface area contributed by atoms with E-state index in [2.05, 4.69) is 15.2 Å². The van der Waals surface area contributed by atoms with Crippen molar-refractivity contribution in [3.63, 3.8) is 0 Å². The SMILES string of the molecule is COc1ccc(CNC(=O)N2CCN(Cc3nc4ccc(Cl)cc4o3)CC2)cc1. The molecule has 0 unspecified atom stereocenters. The lowest BCUT2D eigenvalue weighted by atomic mass is 10.2. The van der Waals surface area contributed by atoms with Crippen molar-refractivity contribution in [2.24, 2.45) is 0 Å². The lowest BCUT2D eigenvalue weighted by molar-refractivity contribution is 0.129. The highest BCUT2D eigenvalue weighted by atomic mass is 35.5. The van der Waals surface area contributed by atoms with E-state index in [1.165, 1.54) is 0 Å². The number of oxazole rings is 1. The molecule has 1 aliphatic heterocycles. The molecule has 0 bridgehead atoms. The van der Waals surface area contributed by atoms with E-state index in [1.54, 1.807) is 19.2 Å². The zero-order chi connectivity index (χ0) is 20.2. The Morgan fingerprint density at radius 2 is 1.93 bits per heavy atom. The van der Waals surface area contributed by atoms with Gasteiger partial charge >= 0.3 is 6.03 Å². The number of amides is 2. The predicted molar refractivity (Wildman–Crippen MR) is 111 cm³/mol. The van der Waals surface area contributed by atoms with Crippen LogP contribution >= 0.6 is 11.6 Å². The van der Waals surface area contributed by atoms with E-state index < -0.39 is 0 Å². The van der Waals surface area contributed by atoms with Gasteiger partial charge in [-0.05, 0) is 29.8 Å². The number of nitrogens with zero attached hydrogens (tertiary/aromatic N) is 3. The number of fused-ring (bicyclic) bond motifs is 1. The first kappa shape index (κ1) is 19.5. The topological polar surface area (TPSA) is 70.8 Å². The molecular weight excluding hydrogens is 392 g/mol. The number of ether oxygens (including phenoxy) is 1. The van der Waals surface area contributed by atoms with Crippen LogP contribution in [0.3, 0.4) is 0 Å². The van der Waals surface area contributed by atoms with E-state index in [4.69, 9.17) is 20.8 Å². The first-order chi connectivity index (χ1) is 14.1. The summed E-state index contributed by atoms with van der Waals surface area (Å²) in [6.45, 7) is 3.99. The van der Waals surface area contributed by atoms with Gasteiger partial charge in [0.25, 0.3) is 0 Å². The average molecular weight is 415 g/mol. The minimum absolute atomic E-state index is 0.0445. The van der Waals surface area contributed by atoms with Crippen LogP contribution in [0, 0.1) is 0 Å². The fraction of sp³-hybridized carbons (Fsp3) is 0.333. The quantitative estimate of drug-likeness (QED) is 0.691. The number of benzene rings is 2. The molecule has 4 rings (SSSR count). The lowest BCUT2D eigenvalue weighted by Crippen LogP contribution is -2.51. The van der Waals surface area contributed by atoms with Crippen LogP contribution in [0.1, 0.15) is 11.5 Å². The number of carbonyl (C=O) groups excluding carboxylic acids is 1. The average Bonchev–Trinajstić information content (AvgIpc) is 3.14. The molecule has 7 nitrogen and oxygen atoms in total. The molecule has 0 atom stereocenters. The molecule has 1 aromatic heterocycles. The molecular formula is C21H23ClN4O3. The van der Waals surface area contributed by atoms with E-state index in [0.717, 1.165) is 29.9 Å². The molecule has 0 spiro atoms. The molecule has 29 heavy (non-hydrogen) atoms. The van der Waals surface area contributed by atoms with Gasteiger partial charge in [-0.1, -0.05) is 23.7 Å². The molecule has 1 aliphatic rings. The van der Waals surface area contributed by atoms with Gasteiger partial charge in [0.2, 0.25) is 5.89 Å². The number of hydrogen-bond acceptors (Lipinski definition) is 5. The van der Waals surface area contributed by atoms with Crippen molar-refractivity contribution in [1.29, 1.82) is 0 Å². The molecule has 2 aromatic carbocycles. The second kappa shape index (κ2) is 8.71. The largest absolute Gasteiger partial charge is 0.497 e.